The Balaban J connectivity index is 0.00000323. The fourth-order valence-electron chi connectivity index (χ4n) is 4.44. The summed E-state index contributed by atoms with van der Waals surface area (Å²) < 4.78 is 12.1. The molecule has 4 aromatic carbocycles. The molecule has 0 radical (unpaired) electrons. The molecule has 4 N–H and O–H groups in total. The topological polar surface area (TPSA) is 168 Å². The number of aromatic carboxylic acids is 4. The van der Waals surface area contributed by atoms with Crippen LogP contribution in [0, 0.1) is 0 Å². The van der Waals surface area contributed by atoms with Crippen LogP contribution in [0.5, 0.6) is 23.0 Å². The van der Waals surface area contributed by atoms with E-state index in [1.807, 2.05) is 26.0 Å². The second-order valence-corrected chi connectivity index (χ2v) is 9.46. The Morgan fingerprint density at radius 3 is 1.22 bits per heavy atom. The zero-order valence-corrected chi connectivity index (χ0v) is 21.8. The maximum absolute atomic E-state index is 11.6. The molecule has 0 saturated carbocycles. The molecule has 0 aromatic heterocycles. The third-order valence-electron chi connectivity index (χ3n) is 6.48. The molecule has 0 heterocycles. The van der Waals surface area contributed by atoms with Crippen molar-refractivity contribution in [1.29, 1.82) is 0 Å². The second kappa shape index (κ2) is 11.2. The summed E-state index contributed by atoms with van der Waals surface area (Å²) in [5.74, 6) is -4.55. The first kappa shape index (κ1) is 28.4. The molecule has 10 nitrogen and oxygen atoms in total. The van der Waals surface area contributed by atoms with Gasteiger partial charge < -0.3 is 29.9 Å². The monoisotopic (exact) mass is 560 g/mol. The van der Waals surface area contributed by atoms with E-state index in [2.05, 4.69) is 0 Å². The predicted octanol–water partition coefficient (Wildman–Crippen LogP) is 6.88. The molecule has 0 bridgehead atoms. The average Bonchev–Trinajstić information content (AvgIpc) is 2.93. The molecule has 0 aliphatic rings. The maximum atomic E-state index is 11.6. The summed E-state index contributed by atoms with van der Waals surface area (Å²) in [5, 5.41) is 37.6. The van der Waals surface area contributed by atoms with E-state index in [0.29, 0.717) is 22.6 Å². The SMILES string of the molecule is CC(C)(c1ccccc1Oc1ccc(C(=O)O)c(C(=O)O)c1)c1ccccc1Oc1ccc(C(=O)O)c(C(=O)O)c1.[HH].[HH]. The molecule has 0 fully saturated rings. The number of carbonyl (C=O) groups is 4. The quantitative estimate of drug-likeness (QED) is 0.160. The molecule has 212 valence electrons. The lowest BCUT2D eigenvalue weighted by Crippen LogP contribution is -2.20. The van der Waals surface area contributed by atoms with Crippen molar-refractivity contribution in [2.45, 2.75) is 19.3 Å². The van der Waals surface area contributed by atoms with Crippen LogP contribution >= 0.6 is 0 Å². The van der Waals surface area contributed by atoms with Crippen LogP contribution in [-0.4, -0.2) is 44.3 Å². The number of para-hydroxylation sites is 2. The predicted molar refractivity (Wildman–Crippen MR) is 150 cm³/mol. The first-order chi connectivity index (χ1) is 19.4. The molecule has 0 unspecified atom stereocenters. The lowest BCUT2D eigenvalue weighted by Gasteiger charge is -2.30. The highest BCUT2D eigenvalue weighted by molar-refractivity contribution is 6.02. The fraction of sp³-hybridized carbons (Fsp3) is 0.0968. The lowest BCUT2D eigenvalue weighted by molar-refractivity contribution is 0.0651. The van der Waals surface area contributed by atoms with Crippen LogP contribution in [0.1, 0.15) is 69.3 Å². The summed E-state index contributed by atoms with van der Waals surface area (Å²) in [4.78, 5) is 46.1. The largest absolute Gasteiger partial charge is 0.478 e. The highest BCUT2D eigenvalue weighted by atomic mass is 16.5. The van der Waals surface area contributed by atoms with Crippen molar-refractivity contribution in [2.24, 2.45) is 0 Å². The minimum atomic E-state index is -1.41. The van der Waals surface area contributed by atoms with Crippen molar-refractivity contribution in [3.8, 4) is 23.0 Å². The fourth-order valence-corrected chi connectivity index (χ4v) is 4.44. The molecular weight excluding hydrogens is 532 g/mol. The first-order valence-corrected chi connectivity index (χ1v) is 12.2. The van der Waals surface area contributed by atoms with Crippen molar-refractivity contribution < 1.29 is 51.9 Å². The zero-order chi connectivity index (χ0) is 29.9. The minimum absolute atomic E-state index is 0. The van der Waals surface area contributed by atoms with Crippen molar-refractivity contribution in [3.05, 3.63) is 118 Å². The van der Waals surface area contributed by atoms with Gasteiger partial charge in [0.05, 0.1) is 22.3 Å². The van der Waals surface area contributed by atoms with Crippen molar-refractivity contribution in [3.63, 3.8) is 0 Å². The van der Waals surface area contributed by atoms with Crippen LogP contribution in [0.2, 0.25) is 0 Å². The number of rotatable bonds is 10. The maximum Gasteiger partial charge on any atom is 0.336 e. The van der Waals surface area contributed by atoms with Gasteiger partial charge in [0.1, 0.15) is 23.0 Å². The smallest absolute Gasteiger partial charge is 0.336 e. The van der Waals surface area contributed by atoms with Crippen molar-refractivity contribution >= 4 is 23.9 Å². The van der Waals surface area contributed by atoms with Gasteiger partial charge in [-0.2, -0.15) is 0 Å². The van der Waals surface area contributed by atoms with E-state index in [-0.39, 0.29) is 25.5 Å². The summed E-state index contributed by atoms with van der Waals surface area (Å²) in [6.45, 7) is 3.81. The van der Waals surface area contributed by atoms with E-state index in [4.69, 9.17) is 9.47 Å². The normalized spacial score (nSPS) is 11.0. The van der Waals surface area contributed by atoms with Crippen LogP contribution < -0.4 is 9.47 Å². The van der Waals surface area contributed by atoms with E-state index < -0.39 is 40.4 Å². The van der Waals surface area contributed by atoms with Crippen LogP contribution in [0.4, 0.5) is 0 Å². The second-order valence-electron chi connectivity index (χ2n) is 9.46. The zero-order valence-electron chi connectivity index (χ0n) is 21.8. The van der Waals surface area contributed by atoms with Gasteiger partial charge in [0.2, 0.25) is 0 Å². The van der Waals surface area contributed by atoms with Crippen molar-refractivity contribution in [1.82, 2.24) is 0 Å². The molecule has 0 saturated heterocycles. The van der Waals surface area contributed by atoms with Gasteiger partial charge in [-0.25, -0.2) is 19.2 Å². The van der Waals surface area contributed by atoms with Crippen LogP contribution in [0.25, 0.3) is 0 Å². The third-order valence-corrected chi connectivity index (χ3v) is 6.48. The number of ether oxygens (including phenoxy) is 2. The summed E-state index contributed by atoms with van der Waals surface area (Å²) in [7, 11) is 0. The minimum Gasteiger partial charge on any atom is -0.478 e. The Morgan fingerprint density at radius 2 is 0.878 bits per heavy atom. The Hall–Kier alpha value is -5.64. The van der Waals surface area contributed by atoms with Gasteiger partial charge in [0.25, 0.3) is 0 Å². The van der Waals surface area contributed by atoms with E-state index in [1.54, 1.807) is 36.4 Å². The molecule has 4 rings (SSSR count). The summed E-state index contributed by atoms with van der Waals surface area (Å²) in [6, 6.07) is 21.5. The van der Waals surface area contributed by atoms with E-state index in [1.165, 1.54) is 24.3 Å². The number of carboxylic acids is 4. The number of hydrogen-bond acceptors (Lipinski definition) is 6. The number of hydrogen-bond donors (Lipinski definition) is 4. The van der Waals surface area contributed by atoms with Gasteiger partial charge in [-0.05, 0) is 48.5 Å². The third kappa shape index (κ3) is 5.86. The Kier molecular flexibility index (Phi) is 7.77. The Morgan fingerprint density at radius 1 is 0.537 bits per heavy atom. The summed E-state index contributed by atoms with van der Waals surface area (Å²) in [6.07, 6.45) is 0. The molecule has 41 heavy (non-hydrogen) atoms. The van der Waals surface area contributed by atoms with Gasteiger partial charge in [0.15, 0.2) is 0 Å². The molecule has 0 spiro atoms. The highest BCUT2D eigenvalue weighted by Gasteiger charge is 2.30. The van der Waals surface area contributed by atoms with Crippen LogP contribution in [-0.2, 0) is 5.41 Å². The lowest BCUT2D eigenvalue weighted by atomic mass is 9.77. The highest BCUT2D eigenvalue weighted by Crippen LogP contribution is 2.43. The standard InChI is InChI=1S/C31H24O10.2H2/c1-31(2,23-7-3-5-9-25(23)40-17-11-13-19(27(32)33)21(15-17)29(36)37)24-8-4-6-10-26(24)41-18-12-14-20(28(34)35)22(16-18)30(38)39;;/h3-16H,1-2H3,(H,32,33)(H,34,35)(H,36,37)(H,38,39);2*1H. The van der Waals surface area contributed by atoms with Gasteiger partial charge in [-0.15, -0.1) is 0 Å². The van der Waals surface area contributed by atoms with Crippen LogP contribution in [0.3, 0.4) is 0 Å². The molecule has 0 aliphatic carbocycles. The number of carboxylic acid groups (broad SMARTS) is 4. The molecule has 0 aliphatic heterocycles. The van der Waals surface area contributed by atoms with Gasteiger partial charge in [0, 0.05) is 19.4 Å². The van der Waals surface area contributed by atoms with Gasteiger partial charge >= 0.3 is 23.9 Å². The van der Waals surface area contributed by atoms with Crippen LogP contribution in [0.15, 0.2) is 84.9 Å². The number of benzene rings is 4. The molecule has 0 atom stereocenters. The van der Waals surface area contributed by atoms with Gasteiger partial charge in [-0.1, -0.05) is 50.2 Å². The average molecular weight is 561 g/mol. The van der Waals surface area contributed by atoms with E-state index in [9.17, 15) is 39.6 Å². The molecule has 10 heteroatoms. The summed E-state index contributed by atoms with van der Waals surface area (Å²) >= 11 is 0. The Bertz CT molecular complexity index is 1570. The van der Waals surface area contributed by atoms with Crippen molar-refractivity contribution in [2.75, 3.05) is 0 Å². The summed E-state index contributed by atoms with van der Waals surface area (Å²) in [5.41, 5.74) is -0.995. The molecule has 0 amide bonds. The molecule has 4 aromatic rings. The Labute approximate surface area is 236 Å². The van der Waals surface area contributed by atoms with E-state index >= 15 is 0 Å². The van der Waals surface area contributed by atoms with Gasteiger partial charge in [-0.3, -0.25) is 0 Å². The van der Waals surface area contributed by atoms with E-state index in [0.717, 1.165) is 12.1 Å². The first-order valence-electron chi connectivity index (χ1n) is 12.2. The molecular formula is C31H28O10.